The Labute approximate surface area is 171 Å². The number of thiophene rings is 1. The molecule has 4 rings (SSSR count). The Kier molecular flexibility index (Phi) is 5.34. The maximum absolute atomic E-state index is 14.6. The molecule has 1 aliphatic rings. The average Bonchev–Trinajstić information content (AvgIpc) is 3.36. The van der Waals surface area contributed by atoms with Crippen LogP contribution in [0.2, 0.25) is 0 Å². The molecule has 0 amide bonds. The van der Waals surface area contributed by atoms with Crippen molar-refractivity contribution in [3.05, 3.63) is 65.7 Å². The molecule has 0 bridgehead atoms. The van der Waals surface area contributed by atoms with Crippen LogP contribution < -0.4 is 4.90 Å². The second-order valence-electron chi connectivity index (χ2n) is 6.85. The van der Waals surface area contributed by atoms with Gasteiger partial charge in [0.2, 0.25) is 0 Å². The minimum absolute atomic E-state index is 0.127. The number of anilines is 1. The molecule has 0 saturated carbocycles. The number of benzene rings is 2. The van der Waals surface area contributed by atoms with Gasteiger partial charge in [-0.3, -0.25) is 0 Å². The zero-order chi connectivity index (χ0) is 20.5. The Morgan fingerprint density at radius 3 is 2.62 bits per heavy atom. The van der Waals surface area contributed by atoms with Crippen molar-refractivity contribution in [2.24, 2.45) is 0 Å². The topological polar surface area (TPSA) is 49.8 Å². The molecular weight excluding hydrogens is 396 g/mol. The number of aliphatic hydroxyl groups excluding tert-OH is 1. The number of halogens is 2. The van der Waals surface area contributed by atoms with Crippen LogP contribution in [-0.2, 0) is 4.74 Å². The fourth-order valence-electron chi connectivity index (χ4n) is 3.56. The molecule has 3 aromatic rings. The van der Waals surface area contributed by atoms with Crippen LogP contribution in [-0.4, -0.2) is 37.4 Å². The number of nitrogens with zero attached hydrogens (tertiary/aromatic N) is 1. The highest BCUT2D eigenvalue weighted by Gasteiger charge is 2.26. The highest BCUT2D eigenvalue weighted by Crippen LogP contribution is 2.45. The SMILES string of the molecule is COC(=O)c1ccccc1-c1sc(N2CC[C@H](O)C2)cc1-c1cccc(F)c1F. The van der Waals surface area contributed by atoms with Crippen molar-refractivity contribution in [1.29, 1.82) is 0 Å². The molecule has 2 heterocycles. The molecule has 0 aliphatic carbocycles. The van der Waals surface area contributed by atoms with E-state index in [4.69, 9.17) is 4.74 Å². The lowest BCUT2D eigenvalue weighted by molar-refractivity contribution is 0.0601. The molecule has 0 radical (unpaired) electrons. The number of carbonyl (C=O) groups excluding carboxylic acids is 1. The summed E-state index contributed by atoms with van der Waals surface area (Å²) < 4.78 is 33.5. The normalized spacial score (nSPS) is 16.3. The quantitative estimate of drug-likeness (QED) is 0.627. The van der Waals surface area contributed by atoms with Crippen molar-refractivity contribution >= 4 is 22.3 Å². The van der Waals surface area contributed by atoms with Gasteiger partial charge in [0.25, 0.3) is 0 Å². The third kappa shape index (κ3) is 3.63. The number of ether oxygens (including phenoxy) is 1. The summed E-state index contributed by atoms with van der Waals surface area (Å²) in [5.74, 6) is -2.37. The van der Waals surface area contributed by atoms with Gasteiger partial charge in [0.1, 0.15) is 0 Å². The Balaban J connectivity index is 1.92. The van der Waals surface area contributed by atoms with E-state index >= 15 is 0 Å². The van der Waals surface area contributed by atoms with Crippen LogP contribution in [0, 0.1) is 11.6 Å². The minimum atomic E-state index is -0.935. The van der Waals surface area contributed by atoms with Crippen LogP contribution in [0.1, 0.15) is 16.8 Å². The van der Waals surface area contributed by atoms with Crippen LogP contribution in [0.3, 0.4) is 0 Å². The zero-order valence-corrected chi connectivity index (χ0v) is 16.5. The van der Waals surface area contributed by atoms with E-state index in [1.54, 1.807) is 30.3 Å². The van der Waals surface area contributed by atoms with Crippen molar-refractivity contribution in [2.45, 2.75) is 12.5 Å². The summed E-state index contributed by atoms with van der Waals surface area (Å²) in [7, 11) is 1.30. The Morgan fingerprint density at radius 2 is 1.90 bits per heavy atom. The lowest BCUT2D eigenvalue weighted by Crippen LogP contribution is -2.19. The number of hydrogen-bond donors (Lipinski definition) is 1. The van der Waals surface area contributed by atoms with E-state index in [0.717, 1.165) is 11.1 Å². The Bertz CT molecular complexity index is 1070. The van der Waals surface area contributed by atoms with E-state index in [1.807, 2.05) is 4.90 Å². The largest absolute Gasteiger partial charge is 0.465 e. The Morgan fingerprint density at radius 1 is 1.14 bits per heavy atom. The van der Waals surface area contributed by atoms with E-state index in [1.165, 1.54) is 30.6 Å². The summed E-state index contributed by atoms with van der Waals surface area (Å²) in [6.07, 6.45) is 0.229. The van der Waals surface area contributed by atoms with Gasteiger partial charge in [0.15, 0.2) is 11.6 Å². The molecule has 2 aromatic carbocycles. The highest BCUT2D eigenvalue weighted by atomic mass is 32.1. The van der Waals surface area contributed by atoms with Gasteiger partial charge in [-0.25, -0.2) is 13.6 Å². The van der Waals surface area contributed by atoms with Gasteiger partial charge in [-0.05, 0) is 24.6 Å². The predicted molar refractivity (Wildman–Crippen MR) is 109 cm³/mol. The number of aliphatic hydroxyl groups is 1. The lowest BCUT2D eigenvalue weighted by Gasteiger charge is -2.14. The standard InChI is InChI=1S/C22H19F2NO3S/c1-28-22(27)16-6-3-2-5-15(16)21-17(14-7-4-8-18(23)20(14)24)11-19(29-21)25-10-9-13(26)12-25/h2-8,11,13,26H,9-10,12H2,1H3/t13-/m0/s1. The van der Waals surface area contributed by atoms with Crippen LogP contribution in [0.4, 0.5) is 13.8 Å². The molecule has 1 fully saturated rings. The summed E-state index contributed by atoms with van der Waals surface area (Å²) in [5, 5.41) is 10.7. The summed E-state index contributed by atoms with van der Waals surface area (Å²) in [4.78, 5) is 14.9. The first kappa shape index (κ1) is 19.5. The Hall–Kier alpha value is -2.77. The first-order valence-corrected chi connectivity index (χ1v) is 10.00. The molecule has 1 N–H and O–H groups in total. The van der Waals surface area contributed by atoms with E-state index in [2.05, 4.69) is 0 Å². The van der Waals surface area contributed by atoms with Crippen molar-refractivity contribution in [3.63, 3.8) is 0 Å². The molecule has 0 spiro atoms. The second-order valence-corrected chi connectivity index (χ2v) is 7.89. The third-order valence-electron chi connectivity index (χ3n) is 5.01. The van der Waals surface area contributed by atoms with Crippen molar-refractivity contribution in [1.82, 2.24) is 0 Å². The van der Waals surface area contributed by atoms with Crippen LogP contribution in [0.15, 0.2) is 48.5 Å². The van der Waals surface area contributed by atoms with Gasteiger partial charge in [-0.2, -0.15) is 0 Å². The summed E-state index contributed by atoms with van der Waals surface area (Å²) in [6, 6.07) is 12.8. The first-order chi connectivity index (χ1) is 14.0. The maximum Gasteiger partial charge on any atom is 0.338 e. The first-order valence-electron chi connectivity index (χ1n) is 9.18. The lowest BCUT2D eigenvalue weighted by atomic mass is 9.98. The molecule has 1 atom stereocenters. The van der Waals surface area contributed by atoms with E-state index < -0.39 is 23.7 Å². The van der Waals surface area contributed by atoms with Crippen molar-refractivity contribution < 1.29 is 23.4 Å². The van der Waals surface area contributed by atoms with Gasteiger partial charge in [-0.1, -0.05) is 30.3 Å². The van der Waals surface area contributed by atoms with Gasteiger partial charge >= 0.3 is 5.97 Å². The molecule has 29 heavy (non-hydrogen) atoms. The van der Waals surface area contributed by atoms with Crippen LogP contribution >= 0.6 is 11.3 Å². The number of carbonyl (C=O) groups is 1. The number of hydrogen-bond acceptors (Lipinski definition) is 5. The smallest absolute Gasteiger partial charge is 0.338 e. The average molecular weight is 415 g/mol. The molecular formula is C22H19F2NO3S. The number of rotatable bonds is 4. The van der Waals surface area contributed by atoms with Crippen molar-refractivity contribution in [3.8, 4) is 21.6 Å². The molecule has 1 saturated heterocycles. The van der Waals surface area contributed by atoms with E-state index in [0.29, 0.717) is 41.1 Å². The predicted octanol–water partition coefficient (Wildman–Crippen LogP) is 4.72. The van der Waals surface area contributed by atoms with E-state index in [9.17, 15) is 18.7 Å². The number of esters is 1. The molecule has 7 heteroatoms. The monoisotopic (exact) mass is 415 g/mol. The fourth-order valence-corrected chi connectivity index (χ4v) is 4.80. The third-order valence-corrected chi connectivity index (χ3v) is 6.24. The molecule has 150 valence electrons. The molecule has 1 aliphatic heterocycles. The number of methoxy groups -OCH3 is 1. The molecule has 1 aromatic heterocycles. The molecule has 4 nitrogen and oxygen atoms in total. The maximum atomic E-state index is 14.6. The number of β-amino-alcohol motifs (C(OH)–C–C–N with tert-alkyl or cyclic N) is 1. The highest BCUT2D eigenvalue weighted by molar-refractivity contribution is 7.20. The van der Waals surface area contributed by atoms with Gasteiger partial charge in [0, 0.05) is 34.7 Å². The van der Waals surface area contributed by atoms with Crippen LogP contribution in [0.25, 0.3) is 21.6 Å². The molecule has 0 unspecified atom stereocenters. The van der Waals surface area contributed by atoms with Crippen LogP contribution in [0.5, 0.6) is 0 Å². The minimum Gasteiger partial charge on any atom is -0.465 e. The van der Waals surface area contributed by atoms with Gasteiger partial charge in [0.05, 0.1) is 23.8 Å². The zero-order valence-electron chi connectivity index (χ0n) is 15.7. The van der Waals surface area contributed by atoms with Gasteiger partial charge < -0.3 is 14.7 Å². The second kappa shape index (κ2) is 7.93. The summed E-state index contributed by atoms with van der Waals surface area (Å²) >= 11 is 1.38. The summed E-state index contributed by atoms with van der Waals surface area (Å²) in [6.45, 7) is 1.15. The van der Waals surface area contributed by atoms with E-state index in [-0.39, 0.29) is 5.56 Å². The van der Waals surface area contributed by atoms with Crippen molar-refractivity contribution in [2.75, 3.05) is 25.1 Å². The fraction of sp³-hybridized carbons (Fsp3) is 0.227. The summed E-state index contributed by atoms with van der Waals surface area (Å²) in [5.41, 5.74) is 1.57. The van der Waals surface area contributed by atoms with Gasteiger partial charge in [-0.15, -0.1) is 11.3 Å².